The summed E-state index contributed by atoms with van der Waals surface area (Å²) in [7, 11) is 0. The number of halogens is 3. The second-order valence-corrected chi connectivity index (χ2v) is 12.3. The minimum atomic E-state index is -4.76. The minimum Gasteiger partial charge on any atom is -0.406 e. The van der Waals surface area contributed by atoms with Crippen molar-refractivity contribution in [2.75, 3.05) is 17.2 Å². The Bertz CT molecular complexity index is 1740. The van der Waals surface area contributed by atoms with Crippen molar-refractivity contribution in [1.29, 1.82) is 0 Å². The Morgan fingerprint density at radius 3 is 2.46 bits per heavy atom. The number of carbonyl (C=O) groups excluding carboxylic acids is 2. The number of aromatic nitrogens is 3. The first kappa shape index (κ1) is 32.7. The normalized spacial score (nSPS) is 15.1. The first-order chi connectivity index (χ1) is 21.9. The van der Waals surface area contributed by atoms with E-state index in [0.717, 1.165) is 27.9 Å². The van der Waals surface area contributed by atoms with Crippen molar-refractivity contribution in [3.8, 4) is 22.8 Å². The van der Waals surface area contributed by atoms with Crippen LogP contribution in [0.2, 0.25) is 0 Å². The first-order valence-electron chi connectivity index (χ1n) is 14.7. The summed E-state index contributed by atoms with van der Waals surface area (Å²) in [6.45, 7) is 8.60. The van der Waals surface area contributed by atoms with Gasteiger partial charge in [-0.1, -0.05) is 68.9 Å². The monoisotopic (exact) mass is 650 g/mol. The van der Waals surface area contributed by atoms with Crippen LogP contribution in [0, 0.1) is 12.8 Å². The maximum Gasteiger partial charge on any atom is 0.573 e. The van der Waals surface area contributed by atoms with E-state index in [0.29, 0.717) is 29.6 Å². The number of aryl methyl sites for hydroxylation is 1. The lowest BCUT2D eigenvalue weighted by atomic mass is 9.95. The molecule has 1 atom stereocenters. The number of nitrogens with zero attached hydrogens (tertiary/aromatic N) is 5. The van der Waals surface area contributed by atoms with Gasteiger partial charge in [-0.2, -0.15) is 4.99 Å². The molecule has 0 radical (unpaired) electrons. The second kappa shape index (κ2) is 13.8. The molecule has 3 aromatic carbocycles. The van der Waals surface area contributed by atoms with Gasteiger partial charge in [-0.15, -0.1) is 18.3 Å². The molecule has 1 N–H and O–H groups in total. The minimum absolute atomic E-state index is 0.101. The van der Waals surface area contributed by atoms with Crippen LogP contribution in [0.4, 0.5) is 23.7 Å². The molecule has 240 valence electrons. The number of amidine groups is 1. The molecule has 13 heteroatoms. The smallest absolute Gasteiger partial charge is 0.406 e. The zero-order valence-corrected chi connectivity index (χ0v) is 26.5. The van der Waals surface area contributed by atoms with Gasteiger partial charge in [0, 0.05) is 12.1 Å². The number of urea groups is 1. The van der Waals surface area contributed by atoms with Gasteiger partial charge in [0.2, 0.25) is 5.91 Å². The van der Waals surface area contributed by atoms with Crippen LogP contribution in [-0.4, -0.2) is 50.5 Å². The summed E-state index contributed by atoms with van der Waals surface area (Å²) in [6.07, 6.45) is -2.57. The van der Waals surface area contributed by atoms with Crippen LogP contribution in [0.5, 0.6) is 5.75 Å². The van der Waals surface area contributed by atoms with Gasteiger partial charge >= 0.3 is 12.4 Å². The highest BCUT2D eigenvalue weighted by Crippen LogP contribution is 2.35. The fraction of sp³-hybridized carbons (Fsp3) is 0.303. The number of nitrogens with one attached hydrogen (secondary N) is 1. The van der Waals surface area contributed by atoms with Gasteiger partial charge in [0.15, 0.2) is 11.0 Å². The number of carbonyl (C=O) groups is 2. The van der Waals surface area contributed by atoms with Crippen molar-refractivity contribution in [3.05, 3.63) is 89.7 Å². The zero-order chi connectivity index (χ0) is 33.0. The molecular formula is C33H33F3N6O3S. The van der Waals surface area contributed by atoms with Crippen LogP contribution < -0.4 is 15.0 Å². The van der Waals surface area contributed by atoms with Gasteiger partial charge in [-0.05, 0) is 72.2 Å². The van der Waals surface area contributed by atoms with Crippen LogP contribution in [0.3, 0.4) is 0 Å². The predicted molar refractivity (Wildman–Crippen MR) is 172 cm³/mol. The molecule has 0 spiro atoms. The molecule has 4 aromatic rings. The molecule has 1 aliphatic rings. The Labute approximate surface area is 268 Å². The molecule has 1 aliphatic heterocycles. The third-order valence-corrected chi connectivity index (χ3v) is 8.23. The molecule has 9 nitrogen and oxygen atoms in total. The fourth-order valence-corrected chi connectivity index (χ4v) is 6.12. The maximum atomic E-state index is 12.8. The largest absolute Gasteiger partial charge is 0.573 e. The standard InChI is InChI=1S/C33H33F3N6O3S/c1-20(2)29-22(4)6-5-7-27(29)42-28(43)18-46-32(42)39-31(44)37-17-21(3)16-23-8-10-24(11-9-23)30-38-19-41(40-30)25-12-14-26(15-13-25)45-33(34,35)36/h5-15,19-21H,16-18H2,1-4H3,(H,37,44)/b39-32-. The molecule has 0 saturated carbocycles. The van der Waals surface area contributed by atoms with E-state index < -0.39 is 12.4 Å². The number of amides is 3. The van der Waals surface area contributed by atoms with E-state index in [4.69, 9.17) is 0 Å². The summed E-state index contributed by atoms with van der Waals surface area (Å²) in [5, 5.41) is 7.69. The van der Waals surface area contributed by atoms with Crippen molar-refractivity contribution in [3.63, 3.8) is 0 Å². The number of ether oxygens (including phenoxy) is 1. The molecule has 3 amide bonds. The molecule has 1 saturated heterocycles. The Morgan fingerprint density at radius 2 is 1.78 bits per heavy atom. The number of rotatable bonds is 9. The number of aliphatic imine (C=N–C) groups is 1. The number of anilines is 1. The van der Waals surface area contributed by atoms with Gasteiger partial charge in [0.1, 0.15) is 12.1 Å². The predicted octanol–water partition coefficient (Wildman–Crippen LogP) is 7.29. The quantitative estimate of drug-likeness (QED) is 0.204. The summed E-state index contributed by atoms with van der Waals surface area (Å²) in [4.78, 5) is 35.7. The molecule has 5 rings (SSSR count). The summed E-state index contributed by atoms with van der Waals surface area (Å²) in [5.74, 6) is 0.581. The second-order valence-electron chi connectivity index (χ2n) is 11.3. The van der Waals surface area contributed by atoms with Crippen LogP contribution in [0.25, 0.3) is 17.1 Å². The van der Waals surface area contributed by atoms with E-state index in [2.05, 4.69) is 39.0 Å². The van der Waals surface area contributed by atoms with E-state index in [-0.39, 0.29) is 29.2 Å². The lowest BCUT2D eigenvalue weighted by molar-refractivity contribution is -0.274. The molecule has 46 heavy (non-hydrogen) atoms. The number of alkyl halides is 3. The number of hydrogen-bond donors (Lipinski definition) is 1. The van der Waals surface area contributed by atoms with Crippen LogP contribution in [-0.2, 0) is 11.2 Å². The molecule has 2 heterocycles. The van der Waals surface area contributed by atoms with Crippen molar-refractivity contribution in [2.24, 2.45) is 10.9 Å². The zero-order valence-electron chi connectivity index (χ0n) is 25.7. The molecule has 0 bridgehead atoms. The molecule has 1 aromatic heterocycles. The van der Waals surface area contributed by atoms with Gasteiger partial charge in [0.25, 0.3) is 0 Å². The summed E-state index contributed by atoms with van der Waals surface area (Å²) in [6, 6.07) is 18.4. The molecule has 0 aliphatic carbocycles. The Kier molecular flexibility index (Phi) is 9.80. The van der Waals surface area contributed by atoms with Crippen molar-refractivity contribution >= 4 is 34.6 Å². The third kappa shape index (κ3) is 7.94. The third-order valence-electron chi connectivity index (χ3n) is 7.31. The van der Waals surface area contributed by atoms with Gasteiger partial charge in [-0.25, -0.2) is 14.5 Å². The summed E-state index contributed by atoms with van der Waals surface area (Å²) >= 11 is 1.26. The van der Waals surface area contributed by atoms with Crippen LogP contribution in [0.15, 0.2) is 78.0 Å². The molecule has 1 fully saturated rings. The highest BCUT2D eigenvalue weighted by molar-refractivity contribution is 8.15. The van der Waals surface area contributed by atoms with E-state index in [1.165, 1.54) is 47.0 Å². The molecule has 1 unspecified atom stereocenters. The van der Waals surface area contributed by atoms with Crippen molar-refractivity contribution < 1.29 is 27.5 Å². The average Bonchev–Trinajstić information content (AvgIpc) is 3.63. The van der Waals surface area contributed by atoms with Crippen molar-refractivity contribution in [2.45, 2.75) is 46.4 Å². The SMILES string of the molecule is Cc1cccc(N2C(=O)CS/C2=N\C(=O)NCC(C)Cc2ccc(-c3ncn(-c4ccc(OC(F)(F)F)cc4)n3)cc2)c1C(C)C. The Morgan fingerprint density at radius 1 is 1.07 bits per heavy atom. The van der Waals surface area contributed by atoms with E-state index in [1.807, 2.05) is 56.3 Å². The van der Waals surface area contributed by atoms with E-state index >= 15 is 0 Å². The highest BCUT2D eigenvalue weighted by Gasteiger charge is 2.33. The summed E-state index contributed by atoms with van der Waals surface area (Å²) < 4.78 is 42.6. The number of hydrogen-bond acceptors (Lipinski definition) is 6. The van der Waals surface area contributed by atoms with E-state index in [1.54, 1.807) is 4.90 Å². The fourth-order valence-electron chi connectivity index (χ4n) is 5.27. The average molecular weight is 651 g/mol. The van der Waals surface area contributed by atoms with Gasteiger partial charge in [-0.3, -0.25) is 9.69 Å². The molecular weight excluding hydrogens is 617 g/mol. The van der Waals surface area contributed by atoms with E-state index in [9.17, 15) is 22.8 Å². The number of thioether (sulfide) groups is 1. The Hall–Kier alpha value is -4.65. The Balaban J connectivity index is 1.16. The highest BCUT2D eigenvalue weighted by atomic mass is 32.2. The lowest BCUT2D eigenvalue weighted by Gasteiger charge is -2.23. The van der Waals surface area contributed by atoms with Crippen molar-refractivity contribution in [1.82, 2.24) is 20.1 Å². The number of benzene rings is 3. The van der Waals surface area contributed by atoms with Crippen LogP contribution in [0.1, 0.15) is 43.4 Å². The van der Waals surface area contributed by atoms with Crippen LogP contribution >= 0.6 is 11.8 Å². The summed E-state index contributed by atoms with van der Waals surface area (Å²) in [5.41, 5.74) is 5.28. The van der Waals surface area contributed by atoms with Gasteiger partial charge < -0.3 is 10.1 Å². The van der Waals surface area contributed by atoms with Gasteiger partial charge in [0.05, 0.1) is 17.1 Å². The first-order valence-corrected chi connectivity index (χ1v) is 15.7. The lowest BCUT2D eigenvalue weighted by Crippen LogP contribution is -2.33. The topological polar surface area (TPSA) is 102 Å². The maximum absolute atomic E-state index is 12.8.